The van der Waals surface area contributed by atoms with Crippen LogP contribution in [0, 0.1) is 5.92 Å². The van der Waals surface area contributed by atoms with Crippen molar-refractivity contribution in [1.82, 2.24) is 0 Å². The third-order valence-corrected chi connectivity index (χ3v) is 8.88. The zero-order valence-electron chi connectivity index (χ0n) is 12.2. The van der Waals surface area contributed by atoms with Gasteiger partial charge in [0.05, 0.1) is 0 Å². The third kappa shape index (κ3) is 1.95. The Kier molecular flexibility index (Phi) is 3.26. The normalized spacial score (nSPS) is 21.8. The molecule has 1 aromatic carbocycles. The van der Waals surface area contributed by atoms with E-state index in [0.717, 1.165) is 12.3 Å². The van der Waals surface area contributed by atoms with Gasteiger partial charge in [0.1, 0.15) is 8.07 Å². The van der Waals surface area contributed by atoms with E-state index in [1.54, 1.807) is 16.3 Å². The molecule has 0 radical (unpaired) electrons. The van der Waals surface area contributed by atoms with E-state index < -0.39 is 8.07 Å². The summed E-state index contributed by atoms with van der Waals surface area (Å²) in [5.74, 6) is 0.865. The van der Waals surface area contributed by atoms with E-state index >= 15 is 0 Å². The molecule has 0 spiro atoms. The van der Waals surface area contributed by atoms with Crippen molar-refractivity contribution < 1.29 is 0 Å². The minimum atomic E-state index is -1.42. The first-order chi connectivity index (χ1) is 9.16. The van der Waals surface area contributed by atoms with Gasteiger partial charge in [0.25, 0.3) is 0 Å². The highest BCUT2D eigenvalue weighted by molar-refractivity contribution is 6.98. The van der Waals surface area contributed by atoms with Crippen LogP contribution in [0.3, 0.4) is 0 Å². The number of hydrogen-bond donors (Lipinski definition) is 0. The van der Waals surface area contributed by atoms with E-state index in [1.165, 1.54) is 25.7 Å². The summed E-state index contributed by atoms with van der Waals surface area (Å²) >= 11 is 0. The van der Waals surface area contributed by atoms with Crippen LogP contribution in [0.1, 0.15) is 37.7 Å². The van der Waals surface area contributed by atoms with Crippen LogP contribution < -0.4 is 5.19 Å². The SMILES string of the molecule is C=CCC1=C(C2CCCC2)[Si](C)(C)c2ccccc21. The van der Waals surface area contributed by atoms with E-state index in [4.69, 9.17) is 0 Å². The van der Waals surface area contributed by atoms with Crippen LogP contribution in [0.15, 0.2) is 42.1 Å². The van der Waals surface area contributed by atoms with Crippen LogP contribution in [0.25, 0.3) is 5.57 Å². The van der Waals surface area contributed by atoms with Gasteiger partial charge in [-0.25, -0.2) is 0 Å². The standard InChI is InChI=1S/C18H24Si/c1-4-9-16-15-12-7-8-13-17(15)19(2,3)18(16)14-10-5-6-11-14/h4,7-8,12-14H,1,5-6,9-11H2,2-3H3. The molecule has 1 fully saturated rings. The topological polar surface area (TPSA) is 0 Å². The molecular weight excluding hydrogens is 244 g/mol. The zero-order chi connectivity index (χ0) is 13.5. The lowest BCUT2D eigenvalue weighted by Crippen LogP contribution is -2.43. The first-order valence-corrected chi connectivity index (χ1v) is 10.6. The first-order valence-electron chi connectivity index (χ1n) is 7.60. The molecule has 0 amide bonds. The summed E-state index contributed by atoms with van der Waals surface area (Å²) in [4.78, 5) is 0. The molecule has 0 unspecified atom stereocenters. The predicted octanol–water partition coefficient (Wildman–Crippen LogP) is 4.67. The predicted molar refractivity (Wildman–Crippen MR) is 87.3 cm³/mol. The molecule has 0 saturated heterocycles. The summed E-state index contributed by atoms with van der Waals surface area (Å²) < 4.78 is 0. The molecule has 0 bridgehead atoms. The Morgan fingerprint density at radius 2 is 1.89 bits per heavy atom. The van der Waals surface area contributed by atoms with Crippen LogP contribution in [-0.4, -0.2) is 8.07 Å². The lowest BCUT2D eigenvalue weighted by atomic mass is 9.96. The average molecular weight is 268 g/mol. The summed E-state index contributed by atoms with van der Waals surface area (Å²) in [7, 11) is -1.42. The van der Waals surface area contributed by atoms with Gasteiger partial charge in [0.2, 0.25) is 0 Å². The van der Waals surface area contributed by atoms with Gasteiger partial charge in [0.15, 0.2) is 0 Å². The number of hydrogen-bond acceptors (Lipinski definition) is 0. The second kappa shape index (κ2) is 4.79. The molecule has 2 aliphatic rings. The van der Waals surface area contributed by atoms with Crippen LogP contribution >= 0.6 is 0 Å². The number of fused-ring (bicyclic) bond motifs is 1. The highest BCUT2D eigenvalue weighted by Crippen LogP contribution is 2.44. The van der Waals surface area contributed by atoms with Gasteiger partial charge in [-0.1, -0.05) is 61.5 Å². The Balaban J connectivity index is 2.16. The molecule has 1 heteroatoms. The molecule has 3 rings (SSSR count). The van der Waals surface area contributed by atoms with E-state index in [0.29, 0.717) is 0 Å². The summed E-state index contributed by atoms with van der Waals surface area (Å²) in [6, 6.07) is 9.14. The summed E-state index contributed by atoms with van der Waals surface area (Å²) in [5, 5.41) is 3.51. The molecule has 1 saturated carbocycles. The van der Waals surface area contributed by atoms with Crippen molar-refractivity contribution in [3.05, 3.63) is 47.7 Å². The average Bonchev–Trinajstić information content (AvgIpc) is 2.97. The van der Waals surface area contributed by atoms with Crippen LogP contribution in [0.2, 0.25) is 13.1 Å². The zero-order valence-corrected chi connectivity index (χ0v) is 13.2. The highest BCUT2D eigenvalue weighted by Gasteiger charge is 2.42. The maximum Gasteiger partial charge on any atom is 0.109 e. The lowest BCUT2D eigenvalue weighted by Gasteiger charge is -2.27. The van der Waals surface area contributed by atoms with Gasteiger partial charge >= 0.3 is 0 Å². The Bertz CT molecular complexity index is 530. The largest absolute Gasteiger partial charge is 0.109 e. The van der Waals surface area contributed by atoms with Crippen LogP contribution in [0.5, 0.6) is 0 Å². The smallest absolute Gasteiger partial charge is 0.103 e. The number of allylic oxidation sites excluding steroid dienone is 3. The molecule has 100 valence electrons. The molecule has 0 N–H and O–H groups in total. The van der Waals surface area contributed by atoms with E-state index in [9.17, 15) is 0 Å². The molecular formula is C18H24Si. The highest BCUT2D eigenvalue weighted by atomic mass is 28.3. The van der Waals surface area contributed by atoms with Crippen molar-refractivity contribution in [2.45, 2.75) is 45.2 Å². The second-order valence-electron chi connectivity index (χ2n) is 6.54. The summed E-state index contributed by atoms with van der Waals surface area (Å²) in [6.07, 6.45) is 8.84. The fourth-order valence-electron chi connectivity index (χ4n) is 4.29. The summed E-state index contributed by atoms with van der Waals surface area (Å²) in [6.45, 7) is 9.09. The Labute approximate surface area is 118 Å². The quantitative estimate of drug-likeness (QED) is 0.552. The third-order valence-electron chi connectivity index (χ3n) is 5.04. The molecule has 1 aliphatic heterocycles. The van der Waals surface area contributed by atoms with Crippen LogP contribution in [0.4, 0.5) is 0 Å². The van der Waals surface area contributed by atoms with Crippen molar-refractivity contribution in [3.63, 3.8) is 0 Å². The lowest BCUT2D eigenvalue weighted by molar-refractivity contribution is 0.668. The van der Waals surface area contributed by atoms with Gasteiger partial charge in [-0.15, -0.1) is 6.58 Å². The summed E-state index contributed by atoms with van der Waals surface area (Å²) in [5.41, 5.74) is 3.18. The Morgan fingerprint density at radius 1 is 1.21 bits per heavy atom. The van der Waals surface area contributed by atoms with E-state index in [-0.39, 0.29) is 0 Å². The molecule has 0 aromatic heterocycles. The maximum atomic E-state index is 3.99. The van der Waals surface area contributed by atoms with Crippen LogP contribution in [-0.2, 0) is 0 Å². The first kappa shape index (κ1) is 12.9. The molecule has 0 atom stereocenters. The Hall–Kier alpha value is -1.08. The van der Waals surface area contributed by atoms with Gasteiger partial charge in [0, 0.05) is 0 Å². The molecule has 1 aromatic rings. The van der Waals surface area contributed by atoms with Gasteiger partial charge < -0.3 is 0 Å². The van der Waals surface area contributed by atoms with Crippen molar-refractivity contribution in [3.8, 4) is 0 Å². The molecule has 19 heavy (non-hydrogen) atoms. The fraction of sp³-hybridized carbons (Fsp3) is 0.444. The fourth-order valence-corrected chi connectivity index (χ4v) is 8.31. The Morgan fingerprint density at radius 3 is 2.58 bits per heavy atom. The van der Waals surface area contributed by atoms with Gasteiger partial charge in [-0.2, -0.15) is 0 Å². The minimum absolute atomic E-state index is 0.865. The number of benzene rings is 1. The minimum Gasteiger partial charge on any atom is -0.103 e. The molecule has 1 aliphatic carbocycles. The van der Waals surface area contributed by atoms with Crippen molar-refractivity contribution in [2.75, 3.05) is 0 Å². The van der Waals surface area contributed by atoms with Crippen molar-refractivity contribution >= 4 is 18.8 Å². The van der Waals surface area contributed by atoms with Crippen molar-refractivity contribution in [1.29, 1.82) is 0 Å². The molecule has 1 heterocycles. The molecule has 0 nitrogen and oxygen atoms in total. The van der Waals surface area contributed by atoms with E-state index in [1.807, 2.05) is 5.20 Å². The monoisotopic (exact) mass is 268 g/mol. The van der Waals surface area contributed by atoms with E-state index in [2.05, 4.69) is 50.0 Å². The van der Waals surface area contributed by atoms with Gasteiger partial charge in [-0.05, 0) is 41.5 Å². The van der Waals surface area contributed by atoms with Crippen molar-refractivity contribution in [2.24, 2.45) is 5.92 Å². The second-order valence-corrected chi connectivity index (χ2v) is 10.9. The van der Waals surface area contributed by atoms with Gasteiger partial charge in [-0.3, -0.25) is 0 Å². The number of rotatable bonds is 3. The maximum absolute atomic E-state index is 3.99.